The van der Waals surface area contributed by atoms with E-state index in [-0.39, 0.29) is 16.8 Å². The van der Waals surface area contributed by atoms with Crippen molar-refractivity contribution >= 4 is 49.5 Å². The number of aryl methyl sites for hydroxylation is 2. The van der Waals surface area contributed by atoms with Crippen molar-refractivity contribution in [3.63, 3.8) is 0 Å². The molecule has 0 spiro atoms. The molecule has 0 fully saturated rings. The largest absolute Gasteiger partial charge is 0.301 e. The molecule has 1 amide bonds. The lowest BCUT2D eigenvalue weighted by atomic mass is 10.1. The molecule has 0 aliphatic carbocycles. The van der Waals surface area contributed by atoms with E-state index in [1.807, 2.05) is 26.0 Å². The number of carbonyl (C=O) groups excluding carboxylic acids is 2. The van der Waals surface area contributed by atoms with Crippen LogP contribution >= 0.6 is 23.1 Å². The van der Waals surface area contributed by atoms with E-state index in [1.165, 1.54) is 23.8 Å². The van der Waals surface area contributed by atoms with Crippen LogP contribution in [-0.4, -0.2) is 21.8 Å². The Morgan fingerprint density at radius 3 is 2.79 bits per heavy atom. The van der Waals surface area contributed by atoms with Gasteiger partial charge >= 0.3 is 0 Å². The van der Waals surface area contributed by atoms with Gasteiger partial charge in [-0.2, -0.15) is 0 Å². The zero-order valence-corrected chi connectivity index (χ0v) is 12.6. The second-order valence-corrected chi connectivity index (χ2v) is 6.38. The van der Waals surface area contributed by atoms with Crippen molar-refractivity contribution in [1.82, 2.24) is 4.98 Å². The zero-order valence-electron chi connectivity index (χ0n) is 10.9. The highest BCUT2D eigenvalue weighted by atomic mass is 32.2. The molecule has 4 nitrogen and oxygen atoms in total. The molecule has 19 heavy (non-hydrogen) atoms. The van der Waals surface area contributed by atoms with Crippen LogP contribution in [0.3, 0.4) is 0 Å². The van der Waals surface area contributed by atoms with Gasteiger partial charge in [-0.25, -0.2) is 4.98 Å². The molecule has 1 heterocycles. The van der Waals surface area contributed by atoms with E-state index in [2.05, 4.69) is 10.3 Å². The third kappa shape index (κ3) is 3.33. The maximum Gasteiger partial charge on any atom is 0.236 e. The third-order valence-corrected chi connectivity index (χ3v) is 4.49. The number of thioether (sulfide) groups is 1. The van der Waals surface area contributed by atoms with E-state index in [0.717, 1.165) is 27.5 Å². The highest BCUT2D eigenvalue weighted by Crippen LogP contribution is 2.29. The quantitative estimate of drug-likeness (QED) is 0.945. The zero-order chi connectivity index (χ0) is 14.0. The second kappa shape index (κ2) is 5.71. The maximum atomic E-state index is 11.6. The van der Waals surface area contributed by atoms with E-state index in [9.17, 15) is 9.59 Å². The first-order valence-electron chi connectivity index (χ1n) is 5.77. The number of nitrogens with one attached hydrogen (secondary N) is 1. The minimum Gasteiger partial charge on any atom is -0.301 e. The molecule has 0 aliphatic heterocycles. The van der Waals surface area contributed by atoms with E-state index in [1.54, 1.807) is 0 Å². The first-order chi connectivity index (χ1) is 8.97. The summed E-state index contributed by atoms with van der Waals surface area (Å²) in [5.74, 6) is -0.0721. The van der Waals surface area contributed by atoms with Gasteiger partial charge in [0, 0.05) is 6.92 Å². The fourth-order valence-electron chi connectivity index (χ4n) is 1.60. The molecule has 2 aromatic rings. The number of rotatable bonds is 3. The van der Waals surface area contributed by atoms with Gasteiger partial charge in [-0.3, -0.25) is 9.59 Å². The Morgan fingerprint density at radius 1 is 1.37 bits per heavy atom. The highest BCUT2D eigenvalue weighted by molar-refractivity contribution is 8.14. The summed E-state index contributed by atoms with van der Waals surface area (Å²) in [5, 5.41) is 3.25. The summed E-state index contributed by atoms with van der Waals surface area (Å²) in [6.45, 7) is 5.51. The minimum atomic E-state index is -0.200. The number of anilines is 1. The van der Waals surface area contributed by atoms with Crippen LogP contribution in [0.1, 0.15) is 18.1 Å². The molecule has 0 bridgehead atoms. The van der Waals surface area contributed by atoms with E-state index < -0.39 is 0 Å². The average Bonchev–Trinajstić information content (AvgIpc) is 2.75. The SMILES string of the molecule is CC(=O)SCC(=O)Nc1nc2c(C)c(C)ccc2s1. The number of aromatic nitrogens is 1. The normalized spacial score (nSPS) is 10.7. The Balaban J connectivity index is 2.16. The van der Waals surface area contributed by atoms with Crippen molar-refractivity contribution in [3.8, 4) is 0 Å². The first kappa shape index (κ1) is 14.0. The molecule has 1 aromatic heterocycles. The predicted octanol–water partition coefficient (Wildman–Crippen LogP) is 3.13. The van der Waals surface area contributed by atoms with Crippen LogP contribution in [0.25, 0.3) is 10.2 Å². The number of hydrogen-bond donors (Lipinski definition) is 1. The smallest absolute Gasteiger partial charge is 0.236 e. The Labute approximate surface area is 119 Å². The van der Waals surface area contributed by atoms with Gasteiger partial charge in [0.15, 0.2) is 10.2 Å². The number of hydrogen-bond acceptors (Lipinski definition) is 5. The van der Waals surface area contributed by atoms with Crippen molar-refractivity contribution in [2.75, 3.05) is 11.1 Å². The van der Waals surface area contributed by atoms with Crippen LogP contribution < -0.4 is 5.32 Å². The van der Waals surface area contributed by atoms with Gasteiger partial charge in [-0.1, -0.05) is 29.2 Å². The topological polar surface area (TPSA) is 59.1 Å². The molecule has 1 aromatic carbocycles. The molecule has 0 saturated carbocycles. The summed E-state index contributed by atoms with van der Waals surface area (Å²) in [5.41, 5.74) is 3.25. The molecule has 0 saturated heterocycles. The second-order valence-electron chi connectivity index (χ2n) is 4.20. The summed E-state index contributed by atoms with van der Waals surface area (Å²) in [7, 11) is 0. The van der Waals surface area contributed by atoms with Crippen molar-refractivity contribution in [2.45, 2.75) is 20.8 Å². The van der Waals surface area contributed by atoms with E-state index in [4.69, 9.17) is 0 Å². The van der Waals surface area contributed by atoms with Crippen molar-refractivity contribution in [3.05, 3.63) is 23.3 Å². The molecule has 2 rings (SSSR count). The van der Waals surface area contributed by atoms with Crippen LogP contribution in [0.2, 0.25) is 0 Å². The van der Waals surface area contributed by atoms with Crippen molar-refractivity contribution in [1.29, 1.82) is 0 Å². The van der Waals surface area contributed by atoms with Gasteiger partial charge in [0.25, 0.3) is 0 Å². The number of thiazole rings is 1. The van der Waals surface area contributed by atoms with Gasteiger partial charge in [0.2, 0.25) is 5.91 Å². The Morgan fingerprint density at radius 2 is 2.11 bits per heavy atom. The van der Waals surface area contributed by atoms with Crippen LogP contribution in [0, 0.1) is 13.8 Å². The number of amides is 1. The third-order valence-electron chi connectivity index (χ3n) is 2.74. The van der Waals surface area contributed by atoms with Crippen LogP contribution in [0.15, 0.2) is 12.1 Å². The van der Waals surface area contributed by atoms with Crippen molar-refractivity contribution in [2.24, 2.45) is 0 Å². The first-order valence-corrected chi connectivity index (χ1v) is 7.57. The number of fused-ring (bicyclic) bond motifs is 1. The van der Waals surface area contributed by atoms with Gasteiger partial charge in [0.05, 0.1) is 16.0 Å². The molecule has 1 N–H and O–H groups in total. The maximum absolute atomic E-state index is 11.6. The van der Waals surface area contributed by atoms with Gasteiger partial charge < -0.3 is 5.32 Å². The van der Waals surface area contributed by atoms with Gasteiger partial charge in [-0.05, 0) is 31.0 Å². The average molecular weight is 294 g/mol. The summed E-state index contributed by atoms with van der Waals surface area (Å²) >= 11 is 2.44. The lowest BCUT2D eigenvalue weighted by molar-refractivity contribution is -0.114. The van der Waals surface area contributed by atoms with Crippen molar-refractivity contribution < 1.29 is 9.59 Å². The van der Waals surface area contributed by atoms with Crippen LogP contribution in [0.5, 0.6) is 0 Å². The summed E-state index contributed by atoms with van der Waals surface area (Å²) in [4.78, 5) is 26.9. The lowest BCUT2D eigenvalue weighted by Gasteiger charge is -1.99. The van der Waals surface area contributed by atoms with Crippen LogP contribution in [-0.2, 0) is 9.59 Å². The fraction of sp³-hybridized carbons (Fsp3) is 0.308. The minimum absolute atomic E-state index is 0.0640. The molecule has 0 radical (unpaired) electrons. The Bertz CT molecular complexity index is 649. The summed E-state index contributed by atoms with van der Waals surface area (Å²) in [6, 6.07) is 4.06. The Kier molecular flexibility index (Phi) is 4.21. The van der Waals surface area contributed by atoms with E-state index in [0.29, 0.717) is 5.13 Å². The van der Waals surface area contributed by atoms with Gasteiger partial charge in [-0.15, -0.1) is 0 Å². The Hall–Kier alpha value is -1.40. The molecule has 0 atom stereocenters. The molecular formula is C13H14N2O2S2. The standard InChI is InChI=1S/C13H14N2O2S2/c1-7-4-5-10-12(8(7)2)15-13(19-10)14-11(17)6-18-9(3)16/h4-5H,6H2,1-3H3,(H,14,15,17). The molecule has 100 valence electrons. The number of nitrogens with zero attached hydrogens (tertiary/aromatic N) is 1. The number of benzene rings is 1. The number of carbonyl (C=O) groups is 2. The summed E-state index contributed by atoms with van der Waals surface area (Å²) in [6.07, 6.45) is 0. The molecule has 0 unspecified atom stereocenters. The lowest BCUT2D eigenvalue weighted by Crippen LogP contribution is -2.14. The molecule has 0 aliphatic rings. The van der Waals surface area contributed by atoms with E-state index >= 15 is 0 Å². The molecule has 6 heteroatoms. The monoisotopic (exact) mass is 294 g/mol. The van der Waals surface area contributed by atoms with Crippen LogP contribution in [0.4, 0.5) is 5.13 Å². The summed E-state index contributed by atoms with van der Waals surface area (Å²) < 4.78 is 1.05. The highest BCUT2D eigenvalue weighted by Gasteiger charge is 2.11. The van der Waals surface area contributed by atoms with Gasteiger partial charge in [0.1, 0.15) is 0 Å². The fourth-order valence-corrected chi connectivity index (χ4v) is 2.95. The molecular weight excluding hydrogens is 280 g/mol. The predicted molar refractivity (Wildman–Crippen MR) is 80.9 cm³/mol.